The molecule has 3 heterocycles. The van der Waals surface area contributed by atoms with E-state index >= 15 is 0 Å². The molecular weight excluding hydrogens is 262 g/mol. The standard InChI is InChI=1S/C13H18ClN5/c1-9-10(14)17-12-15-8-16-19(12)11(9)18-6-4-13(2,3)5-7-18/h8H,4-7H2,1-3H3. The minimum Gasteiger partial charge on any atom is -0.356 e. The maximum atomic E-state index is 6.21. The van der Waals surface area contributed by atoms with E-state index in [4.69, 9.17) is 11.6 Å². The Bertz CT molecular complexity index is 609. The van der Waals surface area contributed by atoms with Crippen LogP contribution in [0.3, 0.4) is 0 Å². The van der Waals surface area contributed by atoms with Gasteiger partial charge in [0.25, 0.3) is 5.78 Å². The predicted molar refractivity (Wildman–Crippen MR) is 75.8 cm³/mol. The second-order valence-corrected chi connectivity index (χ2v) is 6.33. The fourth-order valence-electron chi connectivity index (χ4n) is 2.58. The summed E-state index contributed by atoms with van der Waals surface area (Å²) >= 11 is 6.21. The van der Waals surface area contributed by atoms with Crippen molar-refractivity contribution in [2.24, 2.45) is 5.41 Å². The number of hydrogen-bond donors (Lipinski definition) is 0. The van der Waals surface area contributed by atoms with Gasteiger partial charge in [-0.3, -0.25) is 0 Å². The summed E-state index contributed by atoms with van der Waals surface area (Å²) < 4.78 is 1.79. The van der Waals surface area contributed by atoms with Crippen LogP contribution >= 0.6 is 11.6 Å². The van der Waals surface area contributed by atoms with E-state index in [9.17, 15) is 0 Å². The first-order valence-corrected chi connectivity index (χ1v) is 6.96. The van der Waals surface area contributed by atoms with Crippen molar-refractivity contribution in [2.45, 2.75) is 33.6 Å². The van der Waals surface area contributed by atoms with E-state index in [-0.39, 0.29) is 0 Å². The van der Waals surface area contributed by atoms with Crippen molar-refractivity contribution in [3.63, 3.8) is 0 Å². The molecule has 2 aromatic rings. The van der Waals surface area contributed by atoms with E-state index in [1.807, 2.05) is 6.92 Å². The first-order valence-electron chi connectivity index (χ1n) is 6.59. The fourth-order valence-corrected chi connectivity index (χ4v) is 2.74. The molecule has 102 valence electrons. The van der Waals surface area contributed by atoms with Crippen LogP contribution in [0.25, 0.3) is 5.78 Å². The van der Waals surface area contributed by atoms with Crippen LogP contribution in [0, 0.1) is 12.3 Å². The van der Waals surface area contributed by atoms with E-state index < -0.39 is 0 Å². The highest BCUT2D eigenvalue weighted by molar-refractivity contribution is 6.30. The summed E-state index contributed by atoms with van der Waals surface area (Å²) in [4.78, 5) is 10.7. The molecule has 1 aliphatic heterocycles. The Morgan fingerprint density at radius 2 is 1.95 bits per heavy atom. The molecule has 0 unspecified atom stereocenters. The number of aromatic nitrogens is 4. The van der Waals surface area contributed by atoms with Gasteiger partial charge in [0, 0.05) is 18.7 Å². The molecule has 5 nitrogen and oxygen atoms in total. The summed E-state index contributed by atoms with van der Waals surface area (Å²) in [6.45, 7) is 8.67. The van der Waals surface area contributed by atoms with Crippen molar-refractivity contribution >= 4 is 23.2 Å². The van der Waals surface area contributed by atoms with Crippen LogP contribution in [0.4, 0.5) is 5.82 Å². The first kappa shape index (κ1) is 12.7. The van der Waals surface area contributed by atoms with Gasteiger partial charge in [-0.25, -0.2) is 0 Å². The van der Waals surface area contributed by atoms with E-state index in [1.54, 1.807) is 4.52 Å². The number of halogens is 1. The summed E-state index contributed by atoms with van der Waals surface area (Å²) in [5.41, 5.74) is 1.39. The highest BCUT2D eigenvalue weighted by Gasteiger charge is 2.28. The Kier molecular flexibility index (Phi) is 2.89. The number of rotatable bonds is 1. The molecule has 0 N–H and O–H groups in total. The van der Waals surface area contributed by atoms with Crippen LogP contribution in [-0.2, 0) is 0 Å². The zero-order valence-electron chi connectivity index (χ0n) is 11.5. The van der Waals surface area contributed by atoms with Crippen molar-refractivity contribution < 1.29 is 0 Å². The lowest BCUT2D eigenvalue weighted by molar-refractivity contribution is 0.278. The molecule has 0 saturated carbocycles. The minimum atomic E-state index is 0.419. The van der Waals surface area contributed by atoms with Crippen LogP contribution in [-0.4, -0.2) is 32.7 Å². The van der Waals surface area contributed by atoms with Gasteiger partial charge in [-0.1, -0.05) is 25.4 Å². The highest BCUT2D eigenvalue weighted by Crippen LogP contribution is 2.34. The van der Waals surface area contributed by atoms with Gasteiger partial charge in [0.05, 0.1) is 0 Å². The van der Waals surface area contributed by atoms with Crippen LogP contribution in [0.5, 0.6) is 0 Å². The molecule has 0 aliphatic carbocycles. The molecule has 3 rings (SSSR count). The Morgan fingerprint density at radius 1 is 1.26 bits per heavy atom. The number of anilines is 1. The van der Waals surface area contributed by atoms with E-state index in [1.165, 1.54) is 19.2 Å². The van der Waals surface area contributed by atoms with E-state index in [0.717, 1.165) is 24.5 Å². The second-order valence-electron chi connectivity index (χ2n) is 5.97. The molecule has 19 heavy (non-hydrogen) atoms. The summed E-state index contributed by atoms with van der Waals surface area (Å²) in [5, 5.41) is 4.79. The predicted octanol–water partition coefficient (Wildman–Crippen LogP) is 2.71. The molecule has 2 aromatic heterocycles. The van der Waals surface area contributed by atoms with Gasteiger partial charge < -0.3 is 4.90 Å². The third-order valence-corrected chi connectivity index (χ3v) is 4.36. The van der Waals surface area contributed by atoms with Gasteiger partial charge in [-0.15, -0.1) is 0 Å². The fraction of sp³-hybridized carbons (Fsp3) is 0.615. The average Bonchev–Trinajstić information content (AvgIpc) is 2.79. The van der Waals surface area contributed by atoms with Gasteiger partial charge in [0.15, 0.2) is 0 Å². The summed E-state index contributed by atoms with van der Waals surface area (Å²) in [7, 11) is 0. The molecule has 6 heteroatoms. The molecule has 1 fully saturated rings. The van der Waals surface area contributed by atoms with E-state index in [2.05, 4.69) is 33.8 Å². The van der Waals surface area contributed by atoms with Crippen molar-refractivity contribution in [3.05, 3.63) is 17.0 Å². The lowest BCUT2D eigenvalue weighted by Crippen LogP contribution is -2.38. The molecule has 1 saturated heterocycles. The summed E-state index contributed by atoms with van der Waals surface area (Å²) in [5.74, 6) is 1.60. The minimum absolute atomic E-state index is 0.419. The molecule has 0 spiro atoms. The Balaban J connectivity index is 2.05. The van der Waals surface area contributed by atoms with Gasteiger partial charge in [-0.05, 0) is 25.2 Å². The topological polar surface area (TPSA) is 46.3 Å². The zero-order chi connectivity index (χ0) is 13.6. The van der Waals surface area contributed by atoms with Gasteiger partial charge >= 0.3 is 0 Å². The molecule has 0 radical (unpaired) electrons. The second kappa shape index (κ2) is 4.34. The SMILES string of the molecule is Cc1c(Cl)nc2ncnn2c1N1CCC(C)(C)CC1. The molecule has 0 aromatic carbocycles. The largest absolute Gasteiger partial charge is 0.356 e. The van der Waals surface area contributed by atoms with Crippen molar-refractivity contribution in [1.29, 1.82) is 0 Å². The normalized spacial score (nSPS) is 19.1. The molecule has 0 bridgehead atoms. The number of piperidine rings is 1. The zero-order valence-corrected chi connectivity index (χ0v) is 12.3. The highest BCUT2D eigenvalue weighted by atomic mass is 35.5. The summed E-state index contributed by atoms with van der Waals surface area (Å²) in [6.07, 6.45) is 3.86. The maximum absolute atomic E-state index is 6.21. The molecule has 0 amide bonds. The van der Waals surface area contributed by atoms with Crippen LogP contribution in [0.1, 0.15) is 32.3 Å². The lowest BCUT2D eigenvalue weighted by Gasteiger charge is -2.38. The van der Waals surface area contributed by atoms with Crippen molar-refractivity contribution in [2.75, 3.05) is 18.0 Å². The average molecular weight is 280 g/mol. The maximum Gasteiger partial charge on any atom is 0.255 e. The monoisotopic (exact) mass is 279 g/mol. The van der Waals surface area contributed by atoms with Crippen LogP contribution in [0.15, 0.2) is 6.33 Å². The van der Waals surface area contributed by atoms with Gasteiger partial charge in [0.2, 0.25) is 0 Å². The summed E-state index contributed by atoms with van der Waals surface area (Å²) in [6, 6.07) is 0. The quantitative estimate of drug-likeness (QED) is 0.753. The Hall–Kier alpha value is -1.36. The smallest absolute Gasteiger partial charge is 0.255 e. The molecular formula is C13H18ClN5. The Labute approximate surface area is 117 Å². The third kappa shape index (κ3) is 2.16. The Morgan fingerprint density at radius 3 is 2.63 bits per heavy atom. The molecule has 1 aliphatic rings. The van der Waals surface area contributed by atoms with Gasteiger partial charge in [0.1, 0.15) is 17.3 Å². The van der Waals surface area contributed by atoms with Gasteiger partial charge in [-0.2, -0.15) is 19.6 Å². The van der Waals surface area contributed by atoms with E-state index in [0.29, 0.717) is 16.3 Å². The number of nitrogens with zero attached hydrogens (tertiary/aromatic N) is 5. The molecule has 0 atom stereocenters. The first-order chi connectivity index (χ1) is 8.98. The number of hydrogen-bond acceptors (Lipinski definition) is 4. The number of fused-ring (bicyclic) bond motifs is 1. The van der Waals surface area contributed by atoms with Crippen molar-refractivity contribution in [3.8, 4) is 0 Å². The van der Waals surface area contributed by atoms with Crippen LogP contribution < -0.4 is 4.90 Å². The van der Waals surface area contributed by atoms with Crippen LogP contribution in [0.2, 0.25) is 5.15 Å². The lowest BCUT2D eigenvalue weighted by atomic mass is 9.82. The van der Waals surface area contributed by atoms with Crippen molar-refractivity contribution in [1.82, 2.24) is 19.6 Å². The third-order valence-electron chi connectivity index (χ3n) is 3.99.